The number of likely N-dealkylation sites (N-methyl/N-ethyl adjacent to an activating group) is 1. The molecule has 1 heterocycles. The quantitative estimate of drug-likeness (QED) is 0.755. The largest absolute Gasteiger partial charge is 0.390 e. The first-order chi connectivity index (χ1) is 10.1. The summed E-state index contributed by atoms with van der Waals surface area (Å²) in [5, 5.41) is 10.3. The number of morpholine rings is 1. The molecule has 0 aromatic rings. The third kappa shape index (κ3) is 5.37. The molecule has 1 saturated heterocycles. The average molecular weight is 296 g/mol. The molecule has 1 fully saturated rings. The van der Waals surface area contributed by atoms with E-state index in [1.807, 2.05) is 0 Å². The summed E-state index contributed by atoms with van der Waals surface area (Å²) in [6.07, 6.45) is 4.65. The molecule has 4 nitrogen and oxygen atoms in total. The number of hydrogen-bond donors (Lipinski definition) is 1. The first-order valence-corrected chi connectivity index (χ1v) is 8.39. The third-order valence-electron chi connectivity index (χ3n) is 4.96. The van der Waals surface area contributed by atoms with Crippen LogP contribution < -0.4 is 0 Å². The van der Waals surface area contributed by atoms with Crippen LogP contribution in [0.2, 0.25) is 0 Å². The molecular weight excluding hydrogens is 264 g/mol. The van der Waals surface area contributed by atoms with Crippen LogP contribution in [0.3, 0.4) is 0 Å². The van der Waals surface area contributed by atoms with Crippen LogP contribution in [0.5, 0.6) is 0 Å². The second-order valence-corrected chi connectivity index (χ2v) is 6.90. The van der Waals surface area contributed by atoms with E-state index in [1.54, 1.807) is 0 Å². The summed E-state index contributed by atoms with van der Waals surface area (Å²) in [6.45, 7) is 10.7. The summed E-state index contributed by atoms with van der Waals surface area (Å²) < 4.78 is 5.35. The Morgan fingerprint density at radius 2 is 2.14 bits per heavy atom. The second kappa shape index (κ2) is 8.28. The highest BCUT2D eigenvalue weighted by atomic mass is 16.5. The van der Waals surface area contributed by atoms with Gasteiger partial charge in [0.1, 0.15) is 0 Å². The highest BCUT2D eigenvalue weighted by Gasteiger charge is 2.24. The highest BCUT2D eigenvalue weighted by Crippen LogP contribution is 2.30. The van der Waals surface area contributed by atoms with Crippen LogP contribution >= 0.6 is 0 Å². The zero-order valence-electron chi connectivity index (χ0n) is 13.9. The molecule has 0 aromatic carbocycles. The van der Waals surface area contributed by atoms with Gasteiger partial charge in [-0.1, -0.05) is 18.6 Å². The van der Waals surface area contributed by atoms with Crippen molar-refractivity contribution in [1.82, 2.24) is 9.80 Å². The van der Waals surface area contributed by atoms with Crippen LogP contribution in [0.25, 0.3) is 0 Å². The lowest BCUT2D eigenvalue weighted by atomic mass is 9.80. The van der Waals surface area contributed by atoms with E-state index in [2.05, 4.69) is 36.8 Å². The number of rotatable bonds is 6. The summed E-state index contributed by atoms with van der Waals surface area (Å²) in [4.78, 5) is 4.60. The molecule has 0 saturated carbocycles. The van der Waals surface area contributed by atoms with Gasteiger partial charge >= 0.3 is 0 Å². The number of aliphatic hydroxyl groups excluding tert-OH is 1. The van der Waals surface area contributed by atoms with Crippen molar-refractivity contribution in [3.8, 4) is 0 Å². The monoisotopic (exact) mass is 296 g/mol. The summed E-state index contributed by atoms with van der Waals surface area (Å²) >= 11 is 0. The standard InChI is InChI=1S/C17H32N2O2/c1-14-5-4-6-15(2)17(14)13-18(3)11-16(20)12-19-7-9-21-10-8-19/h5,15-17,20H,4,6-13H2,1-3H3. The smallest absolute Gasteiger partial charge is 0.0793 e. The number of β-amino-alcohol motifs (C(OH)–C–C–N with tert-alkyl or cyclic N) is 1. The van der Waals surface area contributed by atoms with Gasteiger partial charge in [-0.15, -0.1) is 0 Å². The van der Waals surface area contributed by atoms with E-state index in [0.717, 1.165) is 51.9 Å². The van der Waals surface area contributed by atoms with Gasteiger partial charge in [0.2, 0.25) is 0 Å². The summed E-state index contributed by atoms with van der Waals surface area (Å²) in [5.41, 5.74) is 1.53. The summed E-state index contributed by atoms with van der Waals surface area (Å²) in [7, 11) is 2.14. The van der Waals surface area contributed by atoms with E-state index in [1.165, 1.54) is 18.4 Å². The van der Waals surface area contributed by atoms with Crippen molar-refractivity contribution in [2.24, 2.45) is 11.8 Å². The van der Waals surface area contributed by atoms with Gasteiger partial charge in [0, 0.05) is 32.7 Å². The second-order valence-electron chi connectivity index (χ2n) is 6.90. The normalized spacial score (nSPS) is 29.5. The van der Waals surface area contributed by atoms with Crippen LogP contribution in [0.4, 0.5) is 0 Å². The minimum Gasteiger partial charge on any atom is -0.390 e. The Bertz CT molecular complexity index is 340. The average Bonchev–Trinajstić information content (AvgIpc) is 2.44. The predicted molar refractivity (Wildman–Crippen MR) is 86.4 cm³/mol. The molecule has 1 aliphatic carbocycles. The number of aliphatic hydroxyl groups is 1. The van der Waals surface area contributed by atoms with Gasteiger partial charge in [0.15, 0.2) is 0 Å². The van der Waals surface area contributed by atoms with Crippen molar-refractivity contribution >= 4 is 0 Å². The first kappa shape index (κ1) is 16.9. The first-order valence-electron chi connectivity index (χ1n) is 8.39. The maximum atomic E-state index is 10.3. The lowest BCUT2D eigenvalue weighted by molar-refractivity contribution is 0.00762. The van der Waals surface area contributed by atoms with Gasteiger partial charge in [-0.25, -0.2) is 0 Å². The molecule has 0 aromatic heterocycles. The van der Waals surface area contributed by atoms with Gasteiger partial charge in [0.25, 0.3) is 0 Å². The summed E-state index contributed by atoms with van der Waals surface area (Å²) in [6, 6.07) is 0. The van der Waals surface area contributed by atoms with E-state index in [0.29, 0.717) is 5.92 Å². The third-order valence-corrected chi connectivity index (χ3v) is 4.96. The van der Waals surface area contributed by atoms with Crippen LogP contribution in [0, 0.1) is 11.8 Å². The molecule has 3 unspecified atom stereocenters. The van der Waals surface area contributed by atoms with Crippen LogP contribution in [-0.2, 0) is 4.74 Å². The number of hydrogen-bond acceptors (Lipinski definition) is 4. The van der Waals surface area contributed by atoms with Crippen molar-refractivity contribution in [3.05, 3.63) is 11.6 Å². The van der Waals surface area contributed by atoms with E-state index < -0.39 is 0 Å². The molecule has 21 heavy (non-hydrogen) atoms. The van der Waals surface area contributed by atoms with E-state index >= 15 is 0 Å². The fraction of sp³-hybridized carbons (Fsp3) is 0.882. The minimum absolute atomic E-state index is 0.267. The van der Waals surface area contributed by atoms with Crippen molar-refractivity contribution in [2.45, 2.75) is 32.8 Å². The number of allylic oxidation sites excluding steroid dienone is 1. The van der Waals surface area contributed by atoms with E-state index in [4.69, 9.17) is 4.74 Å². The van der Waals surface area contributed by atoms with Crippen molar-refractivity contribution in [3.63, 3.8) is 0 Å². The van der Waals surface area contributed by atoms with Gasteiger partial charge in [-0.05, 0) is 38.6 Å². The lowest BCUT2D eigenvalue weighted by Gasteiger charge is -2.34. The Labute approximate surface area is 129 Å². The molecule has 0 spiro atoms. The van der Waals surface area contributed by atoms with Gasteiger partial charge in [0.05, 0.1) is 19.3 Å². The zero-order chi connectivity index (χ0) is 15.2. The molecule has 0 amide bonds. The van der Waals surface area contributed by atoms with Crippen LogP contribution in [0.1, 0.15) is 26.7 Å². The number of ether oxygens (including phenoxy) is 1. The molecule has 4 heteroatoms. The van der Waals surface area contributed by atoms with Crippen molar-refractivity contribution in [2.75, 3.05) is 53.0 Å². The Hall–Kier alpha value is -0.420. The molecular formula is C17H32N2O2. The summed E-state index contributed by atoms with van der Waals surface area (Å²) in [5.74, 6) is 1.41. The molecule has 1 N–H and O–H groups in total. The topological polar surface area (TPSA) is 35.9 Å². The predicted octanol–water partition coefficient (Wildman–Crippen LogP) is 1.60. The maximum absolute atomic E-state index is 10.3. The lowest BCUT2D eigenvalue weighted by Crippen LogP contribution is -2.45. The molecule has 1 aliphatic heterocycles. The van der Waals surface area contributed by atoms with E-state index in [-0.39, 0.29) is 6.10 Å². The Kier molecular flexibility index (Phi) is 6.68. The molecule has 0 radical (unpaired) electrons. The Balaban J connectivity index is 1.73. The van der Waals surface area contributed by atoms with Gasteiger partial charge < -0.3 is 14.7 Å². The minimum atomic E-state index is -0.267. The Morgan fingerprint density at radius 1 is 1.43 bits per heavy atom. The van der Waals surface area contributed by atoms with Crippen molar-refractivity contribution < 1.29 is 9.84 Å². The number of nitrogens with zero attached hydrogens (tertiary/aromatic N) is 2. The maximum Gasteiger partial charge on any atom is 0.0793 e. The van der Waals surface area contributed by atoms with E-state index in [9.17, 15) is 5.11 Å². The zero-order valence-corrected chi connectivity index (χ0v) is 13.9. The molecule has 3 atom stereocenters. The molecule has 0 bridgehead atoms. The SMILES string of the molecule is CC1=CCCC(C)C1CN(C)CC(O)CN1CCOCC1. The fourth-order valence-corrected chi connectivity index (χ4v) is 3.61. The van der Waals surface area contributed by atoms with Gasteiger partial charge in [-0.3, -0.25) is 4.90 Å². The Morgan fingerprint density at radius 3 is 2.81 bits per heavy atom. The molecule has 122 valence electrons. The fourth-order valence-electron chi connectivity index (χ4n) is 3.61. The van der Waals surface area contributed by atoms with Crippen molar-refractivity contribution in [1.29, 1.82) is 0 Å². The van der Waals surface area contributed by atoms with Crippen LogP contribution in [0.15, 0.2) is 11.6 Å². The highest BCUT2D eigenvalue weighted by molar-refractivity contribution is 5.09. The molecule has 2 aliphatic rings. The van der Waals surface area contributed by atoms with Crippen LogP contribution in [-0.4, -0.2) is 74.0 Å². The molecule has 2 rings (SSSR count). The van der Waals surface area contributed by atoms with Gasteiger partial charge in [-0.2, -0.15) is 0 Å².